The van der Waals surface area contributed by atoms with E-state index in [-0.39, 0.29) is 11.2 Å². The van der Waals surface area contributed by atoms with Crippen LogP contribution in [-0.4, -0.2) is 25.6 Å². The van der Waals surface area contributed by atoms with Crippen molar-refractivity contribution in [1.29, 1.82) is 0 Å². The summed E-state index contributed by atoms with van der Waals surface area (Å²) < 4.78 is 2.43. The van der Waals surface area contributed by atoms with E-state index < -0.39 is 0 Å². The summed E-state index contributed by atoms with van der Waals surface area (Å²) in [5, 5.41) is 3.13. The number of imidazole rings is 1. The van der Waals surface area contributed by atoms with Crippen molar-refractivity contribution in [2.75, 3.05) is 11.9 Å². The Bertz CT molecular complexity index is 707. The van der Waals surface area contributed by atoms with Crippen LogP contribution in [0.2, 0.25) is 0 Å². The molecule has 0 spiro atoms. The highest BCUT2D eigenvalue weighted by Crippen LogP contribution is 2.09. The molecule has 0 atom stereocenters. The Labute approximate surface area is 110 Å². The van der Waals surface area contributed by atoms with Crippen molar-refractivity contribution in [2.45, 2.75) is 20.3 Å². The Balaban J connectivity index is 2.41. The molecule has 0 unspecified atom stereocenters. The summed E-state index contributed by atoms with van der Waals surface area (Å²) in [7, 11) is 3.06. The first kappa shape index (κ1) is 13.4. The van der Waals surface area contributed by atoms with Crippen molar-refractivity contribution in [3.8, 4) is 0 Å². The van der Waals surface area contributed by atoms with E-state index in [4.69, 9.17) is 0 Å². The van der Waals surface area contributed by atoms with Gasteiger partial charge in [-0.05, 0) is 12.3 Å². The third kappa shape index (κ3) is 2.40. The molecule has 2 heterocycles. The molecule has 7 heteroatoms. The fourth-order valence-corrected chi connectivity index (χ4v) is 1.89. The summed E-state index contributed by atoms with van der Waals surface area (Å²) in [6.45, 7) is 5.05. The maximum Gasteiger partial charge on any atom is 0.332 e. The van der Waals surface area contributed by atoms with Crippen LogP contribution in [-0.2, 0) is 14.1 Å². The molecule has 0 saturated heterocycles. The summed E-state index contributed by atoms with van der Waals surface area (Å²) in [5.41, 5.74) is -0.0166. The fraction of sp³-hybridized carbons (Fsp3) is 0.583. The highest BCUT2D eigenvalue weighted by atomic mass is 16.2. The highest BCUT2D eigenvalue weighted by molar-refractivity contribution is 5.72. The van der Waals surface area contributed by atoms with Crippen molar-refractivity contribution < 1.29 is 0 Å². The summed E-state index contributed by atoms with van der Waals surface area (Å²) >= 11 is 0. The zero-order chi connectivity index (χ0) is 14.2. The third-order valence-corrected chi connectivity index (χ3v) is 3.11. The van der Waals surface area contributed by atoms with E-state index in [1.54, 1.807) is 7.05 Å². The second kappa shape index (κ2) is 4.91. The fourth-order valence-electron chi connectivity index (χ4n) is 1.89. The van der Waals surface area contributed by atoms with E-state index in [0.717, 1.165) is 17.5 Å². The van der Waals surface area contributed by atoms with E-state index in [2.05, 4.69) is 29.1 Å². The van der Waals surface area contributed by atoms with Crippen LogP contribution in [0, 0.1) is 5.92 Å². The molecule has 2 N–H and O–H groups in total. The van der Waals surface area contributed by atoms with E-state index in [0.29, 0.717) is 23.0 Å². The second-order valence-electron chi connectivity index (χ2n) is 5.10. The van der Waals surface area contributed by atoms with Gasteiger partial charge in [0.05, 0.1) is 0 Å². The molecule has 0 saturated carbocycles. The molecule has 2 rings (SSSR count). The number of hydrogen-bond acceptors (Lipinski definition) is 4. The number of hydrogen-bond donors (Lipinski definition) is 2. The maximum absolute atomic E-state index is 11.9. The standard InChI is InChI=1S/C12H19N5O2/c1-7(2)5-6-13-11-14-8-9(15-11)16(3)12(19)17(4)10(8)18/h7H,5-6H2,1-4H3,(H2,13,14,15). The first-order valence-electron chi connectivity index (χ1n) is 6.31. The average molecular weight is 265 g/mol. The van der Waals surface area contributed by atoms with Crippen LogP contribution in [0.4, 0.5) is 5.95 Å². The number of anilines is 1. The Kier molecular flexibility index (Phi) is 3.46. The number of aromatic amines is 1. The molecule has 0 fully saturated rings. The number of aryl methyl sites for hydroxylation is 1. The highest BCUT2D eigenvalue weighted by Gasteiger charge is 2.12. The van der Waals surface area contributed by atoms with E-state index >= 15 is 0 Å². The molecular formula is C12H19N5O2. The minimum Gasteiger partial charge on any atom is -0.356 e. The minimum atomic E-state index is -0.377. The van der Waals surface area contributed by atoms with Gasteiger partial charge < -0.3 is 10.3 Å². The van der Waals surface area contributed by atoms with E-state index in [1.807, 2.05) is 0 Å². The minimum absolute atomic E-state index is 0.344. The average Bonchev–Trinajstić information content (AvgIpc) is 2.77. The zero-order valence-electron chi connectivity index (χ0n) is 11.6. The lowest BCUT2D eigenvalue weighted by atomic mass is 10.1. The summed E-state index contributed by atoms with van der Waals surface area (Å²) in [6, 6.07) is 0. The molecule has 19 heavy (non-hydrogen) atoms. The quantitative estimate of drug-likeness (QED) is 0.839. The van der Waals surface area contributed by atoms with Crippen molar-refractivity contribution >= 4 is 17.1 Å². The van der Waals surface area contributed by atoms with Gasteiger partial charge >= 0.3 is 5.69 Å². The molecular weight excluding hydrogens is 246 g/mol. The van der Waals surface area contributed by atoms with Crippen LogP contribution in [0.15, 0.2) is 9.59 Å². The van der Waals surface area contributed by atoms with Crippen LogP contribution in [0.25, 0.3) is 11.2 Å². The lowest BCUT2D eigenvalue weighted by Gasteiger charge is -2.04. The first-order valence-corrected chi connectivity index (χ1v) is 6.31. The predicted molar refractivity (Wildman–Crippen MR) is 74.5 cm³/mol. The van der Waals surface area contributed by atoms with Gasteiger partial charge in [-0.3, -0.25) is 13.9 Å². The zero-order valence-corrected chi connectivity index (χ0v) is 11.6. The number of fused-ring (bicyclic) bond motifs is 1. The smallest absolute Gasteiger partial charge is 0.332 e. The Morgan fingerprint density at radius 1 is 1.26 bits per heavy atom. The van der Waals surface area contributed by atoms with Crippen LogP contribution >= 0.6 is 0 Å². The van der Waals surface area contributed by atoms with Crippen LogP contribution in [0.3, 0.4) is 0 Å². The second-order valence-corrected chi connectivity index (χ2v) is 5.10. The molecule has 0 bridgehead atoms. The van der Waals surface area contributed by atoms with Crippen molar-refractivity contribution in [1.82, 2.24) is 19.1 Å². The molecule has 0 aliphatic rings. The predicted octanol–water partition coefficient (Wildman–Crippen LogP) is 0.418. The summed E-state index contributed by atoms with van der Waals surface area (Å²) in [6.07, 6.45) is 1.01. The normalized spacial score (nSPS) is 11.4. The largest absolute Gasteiger partial charge is 0.356 e. The monoisotopic (exact) mass is 265 g/mol. The van der Waals surface area contributed by atoms with Gasteiger partial charge in [0, 0.05) is 20.6 Å². The van der Waals surface area contributed by atoms with Gasteiger partial charge in [-0.1, -0.05) is 13.8 Å². The number of H-pyrrole nitrogens is 1. The molecule has 104 valence electrons. The number of nitrogens with zero attached hydrogens (tertiary/aromatic N) is 3. The third-order valence-electron chi connectivity index (χ3n) is 3.11. The topological polar surface area (TPSA) is 84.7 Å². The van der Waals surface area contributed by atoms with Gasteiger partial charge in [0.2, 0.25) is 5.95 Å². The Morgan fingerprint density at radius 2 is 1.95 bits per heavy atom. The van der Waals surface area contributed by atoms with Crippen molar-refractivity contribution in [2.24, 2.45) is 20.0 Å². The van der Waals surface area contributed by atoms with Crippen molar-refractivity contribution in [3.05, 3.63) is 20.8 Å². The van der Waals surface area contributed by atoms with E-state index in [1.165, 1.54) is 11.6 Å². The van der Waals surface area contributed by atoms with E-state index in [9.17, 15) is 9.59 Å². The molecule has 0 aliphatic carbocycles. The molecule has 0 aromatic carbocycles. The van der Waals surface area contributed by atoms with Gasteiger partial charge in [-0.25, -0.2) is 4.79 Å². The molecule has 2 aromatic rings. The molecule has 7 nitrogen and oxygen atoms in total. The molecule has 2 aromatic heterocycles. The Hall–Kier alpha value is -2.05. The maximum atomic E-state index is 11.9. The Morgan fingerprint density at radius 3 is 2.58 bits per heavy atom. The lowest BCUT2D eigenvalue weighted by Crippen LogP contribution is -2.36. The van der Waals surface area contributed by atoms with Gasteiger partial charge in [0.1, 0.15) is 0 Å². The van der Waals surface area contributed by atoms with Gasteiger partial charge in [-0.2, -0.15) is 4.98 Å². The first-order chi connectivity index (χ1) is 8.91. The van der Waals surface area contributed by atoms with Gasteiger partial charge in [-0.15, -0.1) is 0 Å². The van der Waals surface area contributed by atoms with Crippen LogP contribution in [0.1, 0.15) is 20.3 Å². The molecule has 0 aliphatic heterocycles. The lowest BCUT2D eigenvalue weighted by molar-refractivity contribution is 0.606. The number of nitrogens with one attached hydrogen (secondary N) is 2. The van der Waals surface area contributed by atoms with Gasteiger partial charge in [0.15, 0.2) is 11.2 Å². The summed E-state index contributed by atoms with van der Waals surface area (Å²) in [4.78, 5) is 30.9. The van der Waals surface area contributed by atoms with Crippen LogP contribution in [0.5, 0.6) is 0 Å². The van der Waals surface area contributed by atoms with Crippen LogP contribution < -0.4 is 16.6 Å². The molecule has 0 amide bonds. The molecule has 0 radical (unpaired) electrons. The number of rotatable bonds is 4. The summed E-state index contributed by atoms with van der Waals surface area (Å²) in [5.74, 6) is 1.11. The SMILES string of the molecule is CC(C)CCNc1nc2c([nH]1)c(=O)n(C)c(=O)n2C. The van der Waals surface area contributed by atoms with Gasteiger partial charge in [0.25, 0.3) is 5.56 Å². The van der Waals surface area contributed by atoms with Crippen molar-refractivity contribution in [3.63, 3.8) is 0 Å². The number of aromatic nitrogens is 4.